The van der Waals surface area contributed by atoms with Gasteiger partial charge in [0.1, 0.15) is 5.75 Å². The minimum absolute atomic E-state index is 0.260. The van der Waals surface area contributed by atoms with Crippen LogP contribution in [0.4, 0.5) is 0 Å². The van der Waals surface area contributed by atoms with Crippen molar-refractivity contribution < 1.29 is 19.1 Å². The molecule has 2 rings (SSSR count). The minimum Gasteiger partial charge on any atom is -0.465 e. The number of carbonyl (C=O) groups excluding carboxylic acids is 2. The van der Waals surface area contributed by atoms with Gasteiger partial charge in [-0.25, -0.2) is 14.6 Å². The van der Waals surface area contributed by atoms with Gasteiger partial charge in [-0.2, -0.15) is 0 Å². The summed E-state index contributed by atoms with van der Waals surface area (Å²) in [6, 6.07) is 4.80. The summed E-state index contributed by atoms with van der Waals surface area (Å²) in [5.41, 5.74) is 1.34. The molecule has 104 valence electrons. The topological polar surface area (TPSA) is 65.5 Å². The van der Waals surface area contributed by atoms with E-state index in [-0.39, 0.29) is 5.69 Å². The Hall–Kier alpha value is -2.21. The zero-order valence-corrected chi connectivity index (χ0v) is 12.1. The molecule has 5 nitrogen and oxygen atoms in total. The van der Waals surface area contributed by atoms with E-state index in [2.05, 4.69) is 9.72 Å². The number of methoxy groups -OCH3 is 1. The molecule has 1 aromatic carbocycles. The van der Waals surface area contributed by atoms with Crippen LogP contribution >= 0.6 is 11.3 Å². The van der Waals surface area contributed by atoms with E-state index in [4.69, 9.17) is 4.74 Å². The number of thiazole rings is 1. The lowest BCUT2D eigenvalue weighted by Gasteiger charge is -2.07. The fraction of sp³-hybridized carbons (Fsp3) is 0.214. The minimum atomic E-state index is -0.542. The molecule has 1 aromatic heterocycles. The van der Waals surface area contributed by atoms with Crippen molar-refractivity contribution in [3.05, 3.63) is 45.4 Å². The first kappa shape index (κ1) is 14.2. The average Bonchev–Trinajstić information content (AvgIpc) is 2.87. The molecule has 20 heavy (non-hydrogen) atoms. The van der Waals surface area contributed by atoms with Crippen molar-refractivity contribution in [3.63, 3.8) is 0 Å². The number of aromatic nitrogens is 1. The lowest BCUT2D eigenvalue weighted by molar-refractivity contribution is 0.0597. The molecule has 2 aromatic rings. The van der Waals surface area contributed by atoms with Gasteiger partial charge in [-0.15, -0.1) is 11.3 Å². The van der Waals surface area contributed by atoms with Gasteiger partial charge in [0.25, 0.3) is 0 Å². The highest BCUT2D eigenvalue weighted by molar-refractivity contribution is 7.09. The summed E-state index contributed by atoms with van der Waals surface area (Å²) < 4.78 is 9.91. The van der Waals surface area contributed by atoms with Crippen LogP contribution in [0.2, 0.25) is 0 Å². The first-order valence-electron chi connectivity index (χ1n) is 5.84. The number of benzene rings is 1. The van der Waals surface area contributed by atoms with Crippen LogP contribution in [0.15, 0.2) is 23.6 Å². The molecule has 6 heteroatoms. The maximum Gasteiger partial charge on any atom is 0.363 e. The van der Waals surface area contributed by atoms with Gasteiger partial charge in [-0.1, -0.05) is 6.07 Å². The maximum absolute atomic E-state index is 11.9. The fourth-order valence-electron chi connectivity index (χ4n) is 1.56. The largest absolute Gasteiger partial charge is 0.465 e. The molecular weight excluding hydrogens is 278 g/mol. The van der Waals surface area contributed by atoms with Gasteiger partial charge >= 0.3 is 11.9 Å². The van der Waals surface area contributed by atoms with Gasteiger partial charge in [0.2, 0.25) is 0 Å². The molecule has 0 bridgehead atoms. The second kappa shape index (κ2) is 5.83. The van der Waals surface area contributed by atoms with Gasteiger partial charge in [0.15, 0.2) is 5.69 Å². The van der Waals surface area contributed by atoms with Gasteiger partial charge in [-0.05, 0) is 31.5 Å². The Bertz CT molecular complexity index is 663. The van der Waals surface area contributed by atoms with Crippen LogP contribution in [0.1, 0.15) is 31.4 Å². The lowest BCUT2D eigenvalue weighted by Crippen LogP contribution is -2.11. The summed E-state index contributed by atoms with van der Waals surface area (Å²) >= 11 is 1.37. The molecule has 0 aliphatic heterocycles. The van der Waals surface area contributed by atoms with E-state index in [9.17, 15) is 9.59 Å². The Balaban J connectivity index is 2.24. The SMILES string of the molecule is COC(=O)c1ccc(C)c(OC(=O)c2csc(C)n2)c1. The molecule has 0 atom stereocenters. The lowest BCUT2D eigenvalue weighted by atomic mass is 10.1. The molecule has 0 aliphatic rings. The van der Waals surface area contributed by atoms with Crippen molar-refractivity contribution in [2.24, 2.45) is 0 Å². The number of nitrogens with zero attached hydrogens (tertiary/aromatic N) is 1. The summed E-state index contributed by atoms with van der Waals surface area (Å²) in [7, 11) is 1.30. The number of ether oxygens (including phenoxy) is 2. The van der Waals surface area contributed by atoms with Crippen molar-refractivity contribution in [3.8, 4) is 5.75 Å². The molecule has 0 aliphatic carbocycles. The molecule has 1 heterocycles. The molecule has 0 unspecified atom stereocenters. The van der Waals surface area contributed by atoms with E-state index in [1.54, 1.807) is 24.4 Å². The number of hydrogen-bond donors (Lipinski definition) is 0. The highest BCUT2D eigenvalue weighted by Crippen LogP contribution is 2.21. The number of rotatable bonds is 3. The summed E-state index contributed by atoms with van der Waals surface area (Å²) in [5, 5.41) is 2.42. The van der Waals surface area contributed by atoms with Gasteiger partial charge < -0.3 is 9.47 Å². The van der Waals surface area contributed by atoms with E-state index < -0.39 is 11.9 Å². The van der Waals surface area contributed by atoms with Gasteiger partial charge in [-0.3, -0.25) is 0 Å². The molecule has 0 fully saturated rings. The zero-order valence-electron chi connectivity index (χ0n) is 11.3. The van der Waals surface area contributed by atoms with Crippen molar-refractivity contribution in [1.29, 1.82) is 0 Å². The number of esters is 2. The van der Waals surface area contributed by atoms with Gasteiger partial charge in [0, 0.05) is 5.38 Å². The zero-order chi connectivity index (χ0) is 14.7. The van der Waals surface area contributed by atoms with Crippen molar-refractivity contribution in [2.75, 3.05) is 7.11 Å². The summed E-state index contributed by atoms with van der Waals surface area (Å²) in [5.74, 6) is -0.699. The van der Waals surface area contributed by atoms with Crippen molar-refractivity contribution in [1.82, 2.24) is 4.98 Å². The molecule has 0 radical (unpaired) electrons. The second-order valence-corrected chi connectivity index (χ2v) is 5.18. The Kier molecular flexibility index (Phi) is 4.14. The molecule has 0 spiro atoms. The predicted octanol–water partition coefficient (Wildman–Crippen LogP) is 2.77. The van der Waals surface area contributed by atoms with Crippen LogP contribution in [0.5, 0.6) is 5.75 Å². The van der Waals surface area contributed by atoms with Crippen LogP contribution < -0.4 is 4.74 Å². The van der Waals surface area contributed by atoms with E-state index in [1.165, 1.54) is 24.5 Å². The smallest absolute Gasteiger partial charge is 0.363 e. The summed E-state index contributed by atoms with van der Waals surface area (Å²) in [6.45, 7) is 3.60. The molecule has 0 saturated heterocycles. The van der Waals surface area contributed by atoms with Crippen molar-refractivity contribution in [2.45, 2.75) is 13.8 Å². The average molecular weight is 291 g/mol. The van der Waals surface area contributed by atoms with Crippen LogP contribution in [0.25, 0.3) is 0 Å². The Morgan fingerprint density at radius 3 is 2.55 bits per heavy atom. The standard InChI is InChI=1S/C14H13NO4S/c1-8-4-5-10(13(16)18-3)6-12(8)19-14(17)11-7-20-9(2)15-11/h4-7H,1-3H3. The quantitative estimate of drug-likeness (QED) is 0.642. The normalized spacial score (nSPS) is 10.2. The van der Waals surface area contributed by atoms with Crippen LogP contribution in [0.3, 0.4) is 0 Å². The third-order valence-electron chi connectivity index (χ3n) is 2.64. The third kappa shape index (κ3) is 3.03. The first-order chi connectivity index (χ1) is 9.51. The molecular formula is C14H13NO4S. The molecule has 0 amide bonds. The highest BCUT2D eigenvalue weighted by atomic mass is 32.1. The number of hydrogen-bond acceptors (Lipinski definition) is 6. The monoisotopic (exact) mass is 291 g/mol. The summed E-state index contributed by atoms with van der Waals surface area (Å²) in [6.07, 6.45) is 0. The van der Waals surface area contributed by atoms with E-state index in [0.29, 0.717) is 11.3 Å². The van der Waals surface area contributed by atoms with E-state index in [0.717, 1.165) is 10.6 Å². The first-order valence-corrected chi connectivity index (χ1v) is 6.72. The molecule has 0 saturated carbocycles. The summed E-state index contributed by atoms with van der Waals surface area (Å²) in [4.78, 5) is 27.5. The Morgan fingerprint density at radius 1 is 1.20 bits per heavy atom. The van der Waals surface area contributed by atoms with E-state index >= 15 is 0 Å². The molecule has 0 N–H and O–H groups in total. The van der Waals surface area contributed by atoms with Crippen LogP contribution in [-0.4, -0.2) is 24.0 Å². The Labute approximate surface area is 120 Å². The van der Waals surface area contributed by atoms with Crippen LogP contribution in [0, 0.1) is 13.8 Å². The maximum atomic E-state index is 11.9. The third-order valence-corrected chi connectivity index (χ3v) is 3.41. The predicted molar refractivity (Wildman–Crippen MR) is 74.3 cm³/mol. The van der Waals surface area contributed by atoms with E-state index in [1.807, 2.05) is 6.92 Å². The number of carbonyl (C=O) groups is 2. The van der Waals surface area contributed by atoms with Gasteiger partial charge in [0.05, 0.1) is 17.7 Å². The van der Waals surface area contributed by atoms with Crippen molar-refractivity contribution >= 4 is 23.3 Å². The van der Waals surface area contributed by atoms with Crippen LogP contribution in [-0.2, 0) is 4.74 Å². The Morgan fingerprint density at radius 2 is 1.95 bits per heavy atom. The second-order valence-electron chi connectivity index (χ2n) is 4.11. The highest BCUT2D eigenvalue weighted by Gasteiger charge is 2.15. The fourth-order valence-corrected chi connectivity index (χ4v) is 2.15. The number of aryl methyl sites for hydroxylation is 2.